The lowest BCUT2D eigenvalue weighted by atomic mass is 10.1. The number of carbonyl (C=O) groups excluding carboxylic acids is 1. The average molecular weight is 360 g/mol. The Morgan fingerprint density at radius 3 is 2.73 bits per heavy atom. The van der Waals surface area contributed by atoms with Gasteiger partial charge in [0.1, 0.15) is 0 Å². The van der Waals surface area contributed by atoms with Crippen LogP contribution >= 0.6 is 11.8 Å². The van der Waals surface area contributed by atoms with Gasteiger partial charge in [0.15, 0.2) is 5.82 Å². The monoisotopic (exact) mass is 360 g/mol. The molecule has 0 atom stereocenters. The third-order valence-electron chi connectivity index (χ3n) is 3.87. The normalized spacial score (nSPS) is 10.8. The van der Waals surface area contributed by atoms with E-state index >= 15 is 0 Å². The average Bonchev–Trinajstić information content (AvgIpc) is 3.21. The van der Waals surface area contributed by atoms with Gasteiger partial charge in [0.05, 0.1) is 11.4 Å². The van der Waals surface area contributed by atoms with E-state index in [0.29, 0.717) is 17.3 Å². The Balaban J connectivity index is 1.44. The van der Waals surface area contributed by atoms with Gasteiger partial charge in [-0.05, 0) is 41.1 Å². The van der Waals surface area contributed by atoms with E-state index in [4.69, 9.17) is 0 Å². The smallest absolute Gasteiger partial charge is 0.234 e. The molecule has 128 valence electrons. The Labute approximate surface area is 155 Å². The number of pyridine rings is 1. The molecule has 4 aromatic rings. The molecule has 0 fully saturated rings. The molecule has 1 amide bonds. The third-order valence-corrected chi connectivity index (χ3v) is 4.87. The molecule has 0 saturated heterocycles. The second-order valence-corrected chi connectivity index (χ2v) is 6.72. The molecule has 0 unspecified atom stereocenters. The molecule has 0 saturated carbocycles. The Morgan fingerprint density at radius 1 is 1.00 bits per heavy atom. The Kier molecular flexibility index (Phi) is 4.66. The molecule has 5 nitrogen and oxygen atoms in total. The fourth-order valence-corrected chi connectivity index (χ4v) is 3.41. The highest BCUT2D eigenvalue weighted by molar-refractivity contribution is 8.00. The lowest BCUT2D eigenvalue weighted by Gasteiger charge is -2.10. The summed E-state index contributed by atoms with van der Waals surface area (Å²) in [6.45, 7) is 0. The topological polar surface area (TPSA) is 59.8 Å². The number of amides is 1. The number of aromatic nitrogens is 3. The second-order valence-electron chi connectivity index (χ2n) is 5.67. The highest BCUT2D eigenvalue weighted by Crippen LogP contribution is 2.24. The Bertz CT molecular complexity index is 1050. The van der Waals surface area contributed by atoms with Crippen LogP contribution in [0.2, 0.25) is 0 Å². The van der Waals surface area contributed by atoms with E-state index in [1.54, 1.807) is 29.3 Å². The quantitative estimate of drug-likeness (QED) is 0.543. The van der Waals surface area contributed by atoms with Crippen LogP contribution in [0.15, 0.2) is 84.1 Å². The highest BCUT2D eigenvalue weighted by atomic mass is 32.2. The van der Waals surface area contributed by atoms with Crippen molar-refractivity contribution < 1.29 is 4.79 Å². The molecule has 2 aromatic heterocycles. The van der Waals surface area contributed by atoms with E-state index in [2.05, 4.69) is 39.7 Å². The minimum absolute atomic E-state index is 0.0791. The summed E-state index contributed by atoms with van der Waals surface area (Å²) in [5, 5.41) is 9.47. The molecular weight excluding hydrogens is 344 g/mol. The summed E-state index contributed by atoms with van der Waals surface area (Å²) in [6.07, 6.45) is 5.15. The predicted octanol–water partition coefficient (Wildman–Crippen LogP) is 4.15. The van der Waals surface area contributed by atoms with Gasteiger partial charge in [-0.15, -0.1) is 11.8 Å². The summed E-state index contributed by atoms with van der Waals surface area (Å²) >= 11 is 1.51. The van der Waals surface area contributed by atoms with Crippen molar-refractivity contribution in [1.82, 2.24) is 14.8 Å². The van der Waals surface area contributed by atoms with Crippen molar-refractivity contribution in [2.45, 2.75) is 4.90 Å². The van der Waals surface area contributed by atoms with E-state index in [9.17, 15) is 4.79 Å². The minimum atomic E-state index is -0.0791. The maximum atomic E-state index is 12.4. The van der Waals surface area contributed by atoms with Crippen LogP contribution in [0, 0.1) is 0 Å². The zero-order valence-electron chi connectivity index (χ0n) is 13.9. The minimum Gasteiger partial charge on any atom is -0.322 e. The number of carbonyl (C=O) groups is 1. The number of thioether (sulfide) groups is 1. The van der Waals surface area contributed by atoms with Crippen molar-refractivity contribution in [2.75, 3.05) is 11.1 Å². The van der Waals surface area contributed by atoms with Gasteiger partial charge in [-0.1, -0.05) is 30.3 Å². The number of hydrogen-bond acceptors (Lipinski definition) is 4. The summed E-state index contributed by atoms with van der Waals surface area (Å²) in [5.41, 5.74) is 0.639. The van der Waals surface area contributed by atoms with Gasteiger partial charge < -0.3 is 5.32 Å². The van der Waals surface area contributed by atoms with Gasteiger partial charge in [-0.25, -0.2) is 9.67 Å². The standard InChI is InChI=1S/C20H16N4OS/c25-19(14-26-17-9-8-15-5-1-2-6-16(15)13-17)23-18-7-3-10-21-20(18)24-12-4-11-22-24/h1-13H,14H2,(H,23,25). The summed E-state index contributed by atoms with van der Waals surface area (Å²) in [7, 11) is 0. The van der Waals surface area contributed by atoms with Crippen molar-refractivity contribution in [1.29, 1.82) is 0 Å². The van der Waals surface area contributed by atoms with Crippen LogP contribution in [-0.2, 0) is 4.79 Å². The van der Waals surface area contributed by atoms with Gasteiger partial charge in [0, 0.05) is 23.5 Å². The van der Waals surface area contributed by atoms with Crippen LogP contribution in [0.3, 0.4) is 0 Å². The predicted molar refractivity (Wildman–Crippen MR) is 105 cm³/mol. The number of benzene rings is 2. The first-order valence-electron chi connectivity index (χ1n) is 8.16. The molecule has 2 aromatic carbocycles. The largest absolute Gasteiger partial charge is 0.322 e. The van der Waals surface area contributed by atoms with E-state index in [0.717, 1.165) is 4.90 Å². The zero-order chi connectivity index (χ0) is 17.8. The van der Waals surface area contributed by atoms with Crippen molar-refractivity contribution >= 4 is 34.1 Å². The molecule has 26 heavy (non-hydrogen) atoms. The summed E-state index contributed by atoms with van der Waals surface area (Å²) in [4.78, 5) is 17.8. The van der Waals surface area contributed by atoms with Crippen LogP contribution in [0.5, 0.6) is 0 Å². The second kappa shape index (κ2) is 7.41. The molecule has 0 spiro atoms. The number of hydrogen-bond donors (Lipinski definition) is 1. The molecular formula is C20H16N4OS. The van der Waals surface area contributed by atoms with Crippen LogP contribution in [-0.4, -0.2) is 26.4 Å². The van der Waals surface area contributed by atoms with Crippen LogP contribution in [0.1, 0.15) is 0 Å². The number of nitrogens with zero attached hydrogens (tertiary/aromatic N) is 3. The van der Waals surface area contributed by atoms with Gasteiger partial charge >= 0.3 is 0 Å². The van der Waals surface area contributed by atoms with Gasteiger partial charge in [-0.3, -0.25) is 4.79 Å². The lowest BCUT2D eigenvalue weighted by molar-refractivity contribution is -0.113. The SMILES string of the molecule is O=C(CSc1ccc2ccccc2c1)Nc1cccnc1-n1cccn1. The van der Waals surface area contributed by atoms with E-state index in [1.807, 2.05) is 30.3 Å². The molecule has 0 aliphatic rings. The first-order chi connectivity index (χ1) is 12.8. The van der Waals surface area contributed by atoms with Crippen molar-refractivity contribution in [3.05, 3.63) is 79.3 Å². The molecule has 0 aliphatic carbocycles. The van der Waals surface area contributed by atoms with Crippen LogP contribution < -0.4 is 5.32 Å². The molecule has 0 aliphatic heterocycles. The highest BCUT2D eigenvalue weighted by Gasteiger charge is 2.10. The molecule has 1 N–H and O–H groups in total. The van der Waals surface area contributed by atoms with Crippen LogP contribution in [0.25, 0.3) is 16.6 Å². The van der Waals surface area contributed by atoms with E-state index < -0.39 is 0 Å². The molecule has 0 radical (unpaired) electrons. The number of anilines is 1. The van der Waals surface area contributed by atoms with Crippen molar-refractivity contribution in [2.24, 2.45) is 0 Å². The maximum Gasteiger partial charge on any atom is 0.234 e. The maximum absolute atomic E-state index is 12.4. The fourth-order valence-electron chi connectivity index (χ4n) is 2.66. The third kappa shape index (κ3) is 3.60. The number of rotatable bonds is 5. The lowest BCUT2D eigenvalue weighted by Crippen LogP contribution is -2.16. The first-order valence-corrected chi connectivity index (χ1v) is 9.15. The van der Waals surface area contributed by atoms with Gasteiger partial charge in [-0.2, -0.15) is 5.10 Å². The van der Waals surface area contributed by atoms with E-state index in [-0.39, 0.29) is 5.91 Å². The van der Waals surface area contributed by atoms with Gasteiger partial charge in [0.25, 0.3) is 0 Å². The molecule has 6 heteroatoms. The van der Waals surface area contributed by atoms with E-state index in [1.165, 1.54) is 22.5 Å². The van der Waals surface area contributed by atoms with Crippen molar-refractivity contribution in [3.8, 4) is 5.82 Å². The summed E-state index contributed by atoms with van der Waals surface area (Å²) in [5.74, 6) is 0.845. The molecule has 2 heterocycles. The zero-order valence-corrected chi connectivity index (χ0v) is 14.7. The summed E-state index contributed by atoms with van der Waals surface area (Å²) < 4.78 is 1.63. The number of nitrogens with one attached hydrogen (secondary N) is 1. The summed E-state index contributed by atoms with van der Waals surface area (Å²) in [6, 6.07) is 19.8. The van der Waals surface area contributed by atoms with Gasteiger partial charge in [0.2, 0.25) is 5.91 Å². The number of fused-ring (bicyclic) bond motifs is 1. The van der Waals surface area contributed by atoms with Crippen LogP contribution in [0.4, 0.5) is 5.69 Å². The fraction of sp³-hybridized carbons (Fsp3) is 0.0500. The molecule has 4 rings (SSSR count). The Hall–Kier alpha value is -3.12. The first kappa shape index (κ1) is 16.4. The van der Waals surface area contributed by atoms with Crippen molar-refractivity contribution in [3.63, 3.8) is 0 Å². The molecule has 0 bridgehead atoms. The Morgan fingerprint density at radius 2 is 1.88 bits per heavy atom.